The van der Waals surface area contributed by atoms with E-state index in [1.165, 1.54) is 5.56 Å². The fourth-order valence-electron chi connectivity index (χ4n) is 1.59. The van der Waals surface area contributed by atoms with Gasteiger partial charge >= 0.3 is 49.4 Å². The monoisotopic (exact) mass is 492 g/mol. The van der Waals surface area contributed by atoms with Crippen molar-refractivity contribution in [3.05, 3.63) is 54.1 Å². The average Bonchev–Trinajstić information content (AvgIpc) is 2.86. The van der Waals surface area contributed by atoms with Gasteiger partial charge in [-0.25, -0.2) is 4.98 Å². The van der Waals surface area contributed by atoms with Crippen molar-refractivity contribution in [1.29, 1.82) is 0 Å². The summed E-state index contributed by atoms with van der Waals surface area (Å²) in [5.74, 6) is 0.221. The second-order valence-electron chi connectivity index (χ2n) is 3.27. The number of H-pyrrole nitrogens is 1. The second-order valence-corrected chi connectivity index (χ2v) is 15.1. The number of nitrogens with one attached hydrogen (secondary N) is 1. The maximum atomic E-state index is 5.75. The molecule has 1 heterocycles. The number of hydrogen-bond donors (Lipinski definition) is 2. The molecule has 3 N–H and O–H groups in total. The zero-order valence-electron chi connectivity index (χ0n) is 9.05. The number of nitrogens with two attached hydrogens (primary N) is 1. The molecule has 91 valence electrons. The molecule has 1 unspecified atom stereocenters. The average molecular weight is 492 g/mol. The predicted octanol–water partition coefficient (Wildman–Crippen LogP) is 3.27. The molecule has 0 aliphatic carbocycles. The van der Waals surface area contributed by atoms with Gasteiger partial charge in [-0.05, 0) is 5.56 Å². The van der Waals surface area contributed by atoms with Crippen molar-refractivity contribution in [3.8, 4) is 0 Å². The predicted molar refractivity (Wildman–Crippen MR) is 84.0 cm³/mol. The number of benzene rings is 1. The van der Waals surface area contributed by atoms with Gasteiger partial charge in [0.05, 0.1) is 6.33 Å². The van der Waals surface area contributed by atoms with Crippen molar-refractivity contribution in [3.63, 3.8) is 0 Å². The van der Waals surface area contributed by atoms with Gasteiger partial charge in [0.25, 0.3) is 0 Å². The Morgan fingerprint density at radius 3 is 2.41 bits per heavy atom. The van der Waals surface area contributed by atoms with Crippen LogP contribution in [-0.4, -0.2) is 16.5 Å². The molecular weight excluding hydrogens is 479 g/mol. The summed E-state index contributed by atoms with van der Waals surface area (Å²) in [6.07, 6.45) is 3.51. The molecule has 2 rings (SSSR count). The zero-order valence-corrected chi connectivity index (χ0v) is 14.8. The van der Waals surface area contributed by atoms with Crippen molar-refractivity contribution in [2.45, 2.75) is 5.92 Å². The molecule has 6 heteroatoms. The summed E-state index contributed by atoms with van der Waals surface area (Å²) < 4.78 is 0. The minimum absolute atomic E-state index is 0.221. The van der Waals surface area contributed by atoms with Crippen molar-refractivity contribution < 1.29 is 9.47 Å². The summed E-state index contributed by atoms with van der Waals surface area (Å²) in [6, 6.07) is 10.2. The molecule has 0 amide bonds. The molecule has 0 saturated heterocycles. The van der Waals surface area contributed by atoms with Crippen LogP contribution < -0.4 is 5.73 Å². The number of rotatable bonds is 3. The van der Waals surface area contributed by atoms with Crippen LogP contribution in [0, 0.1) is 0 Å². The van der Waals surface area contributed by atoms with Crippen molar-refractivity contribution in [1.82, 2.24) is 9.97 Å². The van der Waals surface area contributed by atoms with Gasteiger partial charge in [0, 0.05) is 24.4 Å². The Morgan fingerprint density at radius 1 is 1.29 bits per heavy atom. The van der Waals surface area contributed by atoms with Crippen LogP contribution in [0.4, 0.5) is 0 Å². The van der Waals surface area contributed by atoms with Crippen LogP contribution in [0.15, 0.2) is 42.9 Å². The van der Waals surface area contributed by atoms with Crippen LogP contribution in [0.2, 0.25) is 0 Å². The first-order valence-electron chi connectivity index (χ1n) is 4.99. The first-order chi connectivity index (χ1) is 8.33. The van der Waals surface area contributed by atoms with E-state index in [0.717, 1.165) is 5.69 Å². The molecule has 1 aromatic carbocycles. The number of aromatic amines is 1. The molecule has 0 radical (unpaired) electrons. The van der Waals surface area contributed by atoms with Crippen LogP contribution in [0.5, 0.6) is 0 Å². The topological polar surface area (TPSA) is 54.7 Å². The summed E-state index contributed by atoms with van der Waals surface area (Å²) in [7, 11) is 0.628. The Kier molecular flexibility index (Phi) is 8.54. The molecule has 2 aromatic rings. The van der Waals surface area contributed by atoms with Crippen LogP contribution in [0.25, 0.3) is 0 Å². The Morgan fingerprint density at radius 2 is 1.94 bits per heavy atom. The molecular formula is C11H13I2N3V. The Labute approximate surface area is 130 Å². The van der Waals surface area contributed by atoms with Gasteiger partial charge in [-0.3, -0.25) is 0 Å². The van der Waals surface area contributed by atoms with E-state index < -0.39 is 0 Å². The third kappa shape index (κ3) is 5.29. The molecule has 0 bridgehead atoms. The standard InChI is InChI=1S/C11H13N3.2HI.V/c12-6-10(11-7-13-8-14-11)9-4-2-1-3-5-9;;;/h1-5,7-8,10H,6,12H2,(H,13,14);2*1H;/q;;;+2/p-2. The third-order valence-electron chi connectivity index (χ3n) is 2.33. The first kappa shape index (κ1) is 15.5. The van der Waals surface area contributed by atoms with E-state index in [2.05, 4.69) is 62.1 Å². The quantitative estimate of drug-likeness (QED) is 0.647. The number of hydrogen-bond acceptors (Lipinski definition) is 2. The Balaban J connectivity index is 0.000000437. The molecule has 17 heavy (non-hydrogen) atoms. The van der Waals surface area contributed by atoms with Gasteiger partial charge in [0.2, 0.25) is 0 Å². The summed E-state index contributed by atoms with van der Waals surface area (Å²) in [6.45, 7) is 0.589. The summed E-state index contributed by atoms with van der Waals surface area (Å²) >= 11 is 4.74. The van der Waals surface area contributed by atoms with E-state index in [9.17, 15) is 0 Å². The third-order valence-corrected chi connectivity index (χ3v) is 2.33. The number of aromatic nitrogens is 2. The Bertz CT molecular complexity index is 394. The van der Waals surface area contributed by atoms with Gasteiger partial charge in [0.1, 0.15) is 0 Å². The molecule has 0 aliphatic heterocycles. The first-order valence-corrected chi connectivity index (χ1v) is 14.0. The second kappa shape index (κ2) is 9.38. The van der Waals surface area contributed by atoms with E-state index in [1.54, 1.807) is 6.33 Å². The van der Waals surface area contributed by atoms with Crippen LogP contribution in [-0.2, 0) is 9.47 Å². The van der Waals surface area contributed by atoms with Crippen LogP contribution in [0.1, 0.15) is 17.2 Å². The molecule has 0 saturated carbocycles. The van der Waals surface area contributed by atoms with Gasteiger partial charge in [-0.2, -0.15) is 0 Å². The normalized spacial score (nSPS) is 11.2. The summed E-state index contributed by atoms with van der Waals surface area (Å²) in [4.78, 5) is 7.10. The molecule has 0 aliphatic rings. The van der Waals surface area contributed by atoms with Crippen molar-refractivity contribution in [2.24, 2.45) is 5.73 Å². The summed E-state index contributed by atoms with van der Waals surface area (Å²) in [5, 5.41) is 0. The van der Waals surface area contributed by atoms with Crippen molar-refractivity contribution >= 4 is 40.0 Å². The Hall–Kier alpha value is 0.434. The SMILES string of the molecule is NCC(c1ccccc1)c1cnc[nH]1.[I][V][I]. The van der Waals surface area contributed by atoms with Gasteiger partial charge in [0.15, 0.2) is 0 Å². The molecule has 1 atom stereocenters. The van der Waals surface area contributed by atoms with Gasteiger partial charge in [-0.15, -0.1) is 0 Å². The molecule has 0 spiro atoms. The van der Waals surface area contributed by atoms with Crippen LogP contribution >= 0.6 is 40.0 Å². The van der Waals surface area contributed by atoms with E-state index in [4.69, 9.17) is 5.73 Å². The number of imidazole rings is 1. The minimum atomic E-state index is 0.221. The summed E-state index contributed by atoms with van der Waals surface area (Å²) in [5.41, 5.74) is 8.04. The van der Waals surface area contributed by atoms with Gasteiger partial charge in [-0.1, -0.05) is 30.3 Å². The van der Waals surface area contributed by atoms with E-state index in [1.807, 2.05) is 24.4 Å². The zero-order chi connectivity index (χ0) is 12.5. The fraction of sp³-hybridized carbons (Fsp3) is 0.182. The maximum absolute atomic E-state index is 5.75. The number of halogens is 2. The fourth-order valence-corrected chi connectivity index (χ4v) is 1.59. The molecule has 1 aromatic heterocycles. The van der Waals surface area contributed by atoms with Crippen LogP contribution in [0.3, 0.4) is 0 Å². The molecule has 3 nitrogen and oxygen atoms in total. The molecule has 0 fully saturated rings. The van der Waals surface area contributed by atoms with Gasteiger partial charge < -0.3 is 10.7 Å². The number of nitrogens with zero attached hydrogens (tertiary/aromatic N) is 1. The van der Waals surface area contributed by atoms with Crippen molar-refractivity contribution in [2.75, 3.05) is 6.54 Å². The van der Waals surface area contributed by atoms with E-state index >= 15 is 0 Å². The van der Waals surface area contributed by atoms with E-state index in [-0.39, 0.29) is 5.92 Å². The van der Waals surface area contributed by atoms with E-state index in [0.29, 0.717) is 16.0 Å².